The van der Waals surface area contributed by atoms with Crippen molar-refractivity contribution in [3.05, 3.63) is 28.8 Å². The largest absolute Gasteiger partial charge is 0.496 e. The molecule has 26 heavy (non-hydrogen) atoms. The zero-order valence-electron chi connectivity index (χ0n) is 15.5. The zero-order valence-corrected chi connectivity index (χ0v) is 16.2. The molecule has 1 aliphatic heterocycles. The van der Waals surface area contributed by atoms with Gasteiger partial charge in [0.2, 0.25) is 5.91 Å². The van der Waals surface area contributed by atoms with Crippen molar-refractivity contribution in [1.82, 2.24) is 10.2 Å². The van der Waals surface area contributed by atoms with Gasteiger partial charge in [-0.05, 0) is 49.8 Å². The van der Waals surface area contributed by atoms with Crippen molar-refractivity contribution in [2.75, 3.05) is 13.7 Å². The van der Waals surface area contributed by atoms with Crippen molar-refractivity contribution in [3.8, 4) is 5.75 Å². The molecule has 2 aliphatic rings. The lowest BCUT2D eigenvalue weighted by Gasteiger charge is -2.32. The van der Waals surface area contributed by atoms with Gasteiger partial charge in [-0.2, -0.15) is 0 Å². The molecule has 6 heteroatoms. The third-order valence-electron chi connectivity index (χ3n) is 5.65. The van der Waals surface area contributed by atoms with Gasteiger partial charge < -0.3 is 15.0 Å². The summed E-state index contributed by atoms with van der Waals surface area (Å²) in [6.45, 7) is 2.77. The minimum atomic E-state index is -0.416. The van der Waals surface area contributed by atoms with Gasteiger partial charge in [-0.3, -0.25) is 9.59 Å². The SMILES string of the molecule is COc1ccc(Cl)cc1C(=O)N1CCCC1C(=O)NC1CCCCC1C. The number of hydrogen-bond acceptors (Lipinski definition) is 3. The van der Waals surface area contributed by atoms with Crippen LogP contribution >= 0.6 is 11.6 Å². The quantitative estimate of drug-likeness (QED) is 0.870. The smallest absolute Gasteiger partial charge is 0.258 e. The minimum Gasteiger partial charge on any atom is -0.496 e. The number of rotatable bonds is 4. The summed E-state index contributed by atoms with van der Waals surface area (Å²) in [5.74, 6) is 0.743. The number of amides is 2. The van der Waals surface area contributed by atoms with Crippen molar-refractivity contribution in [2.45, 2.75) is 57.5 Å². The van der Waals surface area contributed by atoms with Gasteiger partial charge in [0.1, 0.15) is 11.8 Å². The average Bonchev–Trinajstić information content (AvgIpc) is 3.13. The molecule has 0 spiro atoms. The second-order valence-corrected chi connectivity index (χ2v) is 7.81. The number of hydrogen-bond donors (Lipinski definition) is 1. The van der Waals surface area contributed by atoms with E-state index in [2.05, 4.69) is 12.2 Å². The number of carbonyl (C=O) groups is 2. The van der Waals surface area contributed by atoms with Crippen LogP contribution in [0, 0.1) is 5.92 Å². The third kappa shape index (κ3) is 3.98. The molecule has 1 aromatic rings. The van der Waals surface area contributed by atoms with Crippen LogP contribution in [-0.2, 0) is 4.79 Å². The van der Waals surface area contributed by atoms with Gasteiger partial charge in [0.25, 0.3) is 5.91 Å². The van der Waals surface area contributed by atoms with E-state index < -0.39 is 6.04 Å². The van der Waals surface area contributed by atoms with Crippen LogP contribution < -0.4 is 10.1 Å². The van der Waals surface area contributed by atoms with E-state index in [1.165, 1.54) is 13.5 Å². The molecule has 3 unspecified atom stereocenters. The van der Waals surface area contributed by atoms with Crippen LogP contribution in [0.25, 0.3) is 0 Å². The summed E-state index contributed by atoms with van der Waals surface area (Å²) in [6.07, 6.45) is 6.08. The first-order valence-corrected chi connectivity index (χ1v) is 9.84. The maximum absolute atomic E-state index is 13.1. The highest BCUT2D eigenvalue weighted by Gasteiger charge is 2.37. The molecule has 0 bridgehead atoms. The molecule has 1 heterocycles. The lowest BCUT2D eigenvalue weighted by Crippen LogP contribution is -2.50. The maximum atomic E-state index is 13.1. The number of benzene rings is 1. The highest BCUT2D eigenvalue weighted by molar-refractivity contribution is 6.31. The molecule has 1 aromatic carbocycles. The molecule has 1 saturated carbocycles. The summed E-state index contributed by atoms with van der Waals surface area (Å²) in [4.78, 5) is 27.6. The maximum Gasteiger partial charge on any atom is 0.258 e. The second-order valence-electron chi connectivity index (χ2n) is 7.38. The van der Waals surface area contributed by atoms with Crippen LogP contribution in [0.2, 0.25) is 5.02 Å². The number of halogens is 1. The van der Waals surface area contributed by atoms with E-state index in [4.69, 9.17) is 16.3 Å². The Labute approximate surface area is 160 Å². The molecule has 0 radical (unpaired) electrons. The normalized spacial score (nSPS) is 25.8. The van der Waals surface area contributed by atoms with Crippen molar-refractivity contribution in [3.63, 3.8) is 0 Å². The lowest BCUT2D eigenvalue weighted by atomic mass is 9.86. The highest BCUT2D eigenvalue weighted by Crippen LogP contribution is 2.29. The summed E-state index contributed by atoms with van der Waals surface area (Å²) in [7, 11) is 1.53. The summed E-state index contributed by atoms with van der Waals surface area (Å²) in [5, 5.41) is 3.67. The van der Waals surface area contributed by atoms with Gasteiger partial charge in [0, 0.05) is 17.6 Å². The predicted octanol–water partition coefficient (Wildman–Crippen LogP) is 3.65. The topological polar surface area (TPSA) is 58.6 Å². The molecule has 1 N–H and O–H groups in total. The number of nitrogens with one attached hydrogen (secondary N) is 1. The van der Waals surface area contributed by atoms with E-state index in [1.54, 1.807) is 23.1 Å². The van der Waals surface area contributed by atoms with E-state index in [1.807, 2.05) is 0 Å². The van der Waals surface area contributed by atoms with Crippen LogP contribution in [-0.4, -0.2) is 42.5 Å². The molecule has 1 saturated heterocycles. The average molecular weight is 379 g/mol. The van der Waals surface area contributed by atoms with Crippen molar-refractivity contribution in [1.29, 1.82) is 0 Å². The number of likely N-dealkylation sites (tertiary alicyclic amines) is 1. The molecule has 1 aliphatic carbocycles. The van der Waals surface area contributed by atoms with Gasteiger partial charge in [0.15, 0.2) is 0 Å². The zero-order chi connectivity index (χ0) is 18.7. The number of carbonyl (C=O) groups excluding carboxylic acids is 2. The number of ether oxygens (including phenoxy) is 1. The van der Waals surface area contributed by atoms with Crippen LogP contribution in [0.15, 0.2) is 18.2 Å². The van der Waals surface area contributed by atoms with Crippen LogP contribution in [0.5, 0.6) is 5.75 Å². The Morgan fingerprint density at radius 2 is 1.96 bits per heavy atom. The van der Waals surface area contributed by atoms with Gasteiger partial charge in [-0.25, -0.2) is 0 Å². The van der Waals surface area contributed by atoms with E-state index >= 15 is 0 Å². The van der Waals surface area contributed by atoms with Crippen LogP contribution in [0.3, 0.4) is 0 Å². The first kappa shape index (κ1) is 19.0. The van der Waals surface area contributed by atoms with E-state index in [-0.39, 0.29) is 17.9 Å². The summed E-state index contributed by atoms with van der Waals surface area (Å²) < 4.78 is 5.31. The van der Waals surface area contributed by atoms with E-state index in [0.29, 0.717) is 35.2 Å². The van der Waals surface area contributed by atoms with E-state index in [0.717, 1.165) is 25.7 Å². The van der Waals surface area contributed by atoms with Crippen molar-refractivity contribution in [2.24, 2.45) is 5.92 Å². The lowest BCUT2D eigenvalue weighted by molar-refractivity contribution is -0.126. The molecule has 3 rings (SSSR count). The van der Waals surface area contributed by atoms with Crippen LogP contribution in [0.4, 0.5) is 0 Å². The molecule has 142 valence electrons. The third-order valence-corrected chi connectivity index (χ3v) is 5.88. The standard InChI is InChI=1S/C20H27ClN2O3/c1-13-6-3-4-7-16(13)22-19(24)17-8-5-11-23(17)20(25)15-12-14(21)9-10-18(15)26-2/h9-10,12-13,16-17H,3-8,11H2,1-2H3,(H,22,24). The highest BCUT2D eigenvalue weighted by atomic mass is 35.5. The predicted molar refractivity (Wildman–Crippen MR) is 102 cm³/mol. The summed E-state index contributed by atoms with van der Waals surface area (Å²) in [6, 6.07) is 4.79. The Balaban J connectivity index is 1.74. The molecule has 2 fully saturated rings. The Morgan fingerprint density at radius 1 is 1.19 bits per heavy atom. The first-order chi connectivity index (χ1) is 12.5. The summed E-state index contributed by atoms with van der Waals surface area (Å²) in [5.41, 5.74) is 0.408. The number of nitrogens with zero attached hydrogens (tertiary/aromatic N) is 1. The Kier molecular flexibility index (Phi) is 6.07. The molecule has 5 nitrogen and oxygen atoms in total. The van der Waals surface area contributed by atoms with Crippen LogP contribution in [0.1, 0.15) is 55.8 Å². The molecule has 3 atom stereocenters. The Bertz CT molecular complexity index is 679. The molecular weight excluding hydrogens is 352 g/mol. The monoisotopic (exact) mass is 378 g/mol. The number of methoxy groups -OCH3 is 1. The molecule has 0 aromatic heterocycles. The van der Waals surface area contributed by atoms with Crippen molar-refractivity contribution >= 4 is 23.4 Å². The second kappa shape index (κ2) is 8.30. The minimum absolute atomic E-state index is 0.0319. The first-order valence-electron chi connectivity index (χ1n) is 9.46. The Morgan fingerprint density at radius 3 is 2.69 bits per heavy atom. The van der Waals surface area contributed by atoms with Gasteiger partial charge in [-0.1, -0.05) is 31.4 Å². The summed E-state index contributed by atoms with van der Waals surface area (Å²) >= 11 is 6.06. The van der Waals surface area contributed by atoms with Crippen molar-refractivity contribution < 1.29 is 14.3 Å². The van der Waals surface area contributed by atoms with E-state index in [9.17, 15) is 9.59 Å². The molecular formula is C20H27ClN2O3. The fourth-order valence-electron chi connectivity index (χ4n) is 4.09. The fraction of sp³-hybridized carbons (Fsp3) is 0.600. The van der Waals surface area contributed by atoms with Gasteiger partial charge in [-0.15, -0.1) is 0 Å². The Hall–Kier alpha value is -1.75. The fourth-order valence-corrected chi connectivity index (χ4v) is 4.27. The van der Waals surface area contributed by atoms with Gasteiger partial charge >= 0.3 is 0 Å². The molecule has 2 amide bonds. The van der Waals surface area contributed by atoms with Gasteiger partial charge in [0.05, 0.1) is 12.7 Å².